The molecule has 5 nitrogen and oxygen atoms in total. The maximum Gasteiger partial charge on any atom is 0.226 e. The average molecular weight is 265 g/mol. The highest BCUT2D eigenvalue weighted by Gasteiger charge is 2.60. The Hall–Kier alpha value is -0.940. The van der Waals surface area contributed by atoms with Crippen LogP contribution in [0.1, 0.15) is 38.9 Å². The molecule has 1 aliphatic heterocycles. The van der Waals surface area contributed by atoms with Crippen molar-refractivity contribution in [3.8, 4) is 0 Å². The van der Waals surface area contributed by atoms with Crippen LogP contribution in [0.5, 0.6) is 0 Å². The summed E-state index contributed by atoms with van der Waals surface area (Å²) in [5, 5.41) is 4.04. The lowest BCUT2D eigenvalue weighted by Gasteiger charge is -2.57. The fourth-order valence-corrected chi connectivity index (χ4v) is 4.01. The highest BCUT2D eigenvalue weighted by molar-refractivity contribution is 5.11. The molecule has 1 aliphatic carbocycles. The number of aromatic nitrogens is 2. The van der Waals surface area contributed by atoms with Gasteiger partial charge in [0.15, 0.2) is 5.82 Å². The number of aryl methyl sites for hydroxylation is 1. The Bertz CT molecular complexity index is 457. The number of rotatable bonds is 4. The number of ether oxygens (including phenoxy) is 1. The lowest BCUT2D eigenvalue weighted by Crippen LogP contribution is -2.65. The van der Waals surface area contributed by atoms with Gasteiger partial charge in [-0.15, -0.1) is 0 Å². The predicted molar refractivity (Wildman–Crippen MR) is 70.6 cm³/mol. The summed E-state index contributed by atoms with van der Waals surface area (Å²) in [4.78, 5) is 6.75. The third-order valence-corrected chi connectivity index (χ3v) is 4.72. The van der Waals surface area contributed by atoms with E-state index in [0.29, 0.717) is 18.1 Å². The molecule has 2 heterocycles. The van der Waals surface area contributed by atoms with Crippen LogP contribution in [0.4, 0.5) is 0 Å². The van der Waals surface area contributed by atoms with E-state index in [4.69, 9.17) is 9.26 Å². The van der Waals surface area contributed by atoms with Crippen LogP contribution in [-0.2, 0) is 17.7 Å². The van der Waals surface area contributed by atoms with Gasteiger partial charge in [-0.25, -0.2) is 0 Å². The summed E-state index contributed by atoms with van der Waals surface area (Å²) in [5.41, 5.74) is 0.216. The number of fused-ring (bicyclic) bond motifs is 1. The van der Waals surface area contributed by atoms with Crippen molar-refractivity contribution in [3.63, 3.8) is 0 Å². The topological polar surface area (TPSA) is 51.4 Å². The van der Waals surface area contributed by atoms with Crippen molar-refractivity contribution in [2.75, 3.05) is 13.7 Å². The van der Waals surface area contributed by atoms with Crippen LogP contribution >= 0.6 is 0 Å². The average Bonchev–Trinajstić information content (AvgIpc) is 2.96. The van der Waals surface area contributed by atoms with Crippen molar-refractivity contribution < 1.29 is 9.26 Å². The lowest BCUT2D eigenvalue weighted by molar-refractivity contribution is -0.151. The van der Waals surface area contributed by atoms with Crippen molar-refractivity contribution in [3.05, 3.63) is 11.7 Å². The Labute approximate surface area is 114 Å². The van der Waals surface area contributed by atoms with Gasteiger partial charge < -0.3 is 9.26 Å². The Morgan fingerprint density at radius 2 is 2.21 bits per heavy atom. The summed E-state index contributed by atoms with van der Waals surface area (Å²) in [6.45, 7) is 8.28. The molecule has 0 bridgehead atoms. The van der Waals surface area contributed by atoms with E-state index in [0.717, 1.165) is 31.3 Å². The maximum absolute atomic E-state index is 5.84. The Balaban J connectivity index is 1.68. The minimum atomic E-state index is 0.216. The molecule has 1 saturated carbocycles. The third kappa shape index (κ3) is 1.99. The molecule has 2 aliphatic rings. The molecule has 3 atom stereocenters. The second kappa shape index (κ2) is 4.56. The third-order valence-electron chi connectivity index (χ3n) is 4.72. The maximum atomic E-state index is 5.84. The summed E-state index contributed by atoms with van der Waals surface area (Å²) in [5.74, 6) is 2.17. The largest absolute Gasteiger partial charge is 0.377 e. The van der Waals surface area contributed by atoms with Gasteiger partial charge >= 0.3 is 0 Å². The van der Waals surface area contributed by atoms with E-state index in [-0.39, 0.29) is 5.41 Å². The SMILES string of the molecule is CCc1nc(CN(C)C2C3CCOC3C2(C)C)no1. The Morgan fingerprint density at radius 1 is 1.42 bits per heavy atom. The summed E-state index contributed by atoms with van der Waals surface area (Å²) >= 11 is 0. The fourth-order valence-electron chi connectivity index (χ4n) is 4.01. The molecule has 1 aromatic rings. The molecule has 3 rings (SSSR count). The first-order chi connectivity index (χ1) is 9.04. The van der Waals surface area contributed by atoms with Crippen LogP contribution in [0.3, 0.4) is 0 Å². The monoisotopic (exact) mass is 265 g/mol. The van der Waals surface area contributed by atoms with E-state index in [1.165, 1.54) is 6.42 Å². The molecule has 5 heteroatoms. The Morgan fingerprint density at radius 3 is 2.89 bits per heavy atom. The van der Waals surface area contributed by atoms with Gasteiger partial charge in [-0.1, -0.05) is 25.9 Å². The van der Waals surface area contributed by atoms with Gasteiger partial charge in [0, 0.05) is 30.4 Å². The van der Waals surface area contributed by atoms with Crippen molar-refractivity contribution in [2.45, 2.75) is 52.3 Å². The van der Waals surface area contributed by atoms with Gasteiger partial charge in [0.1, 0.15) is 0 Å². The van der Waals surface area contributed by atoms with Crippen molar-refractivity contribution in [1.29, 1.82) is 0 Å². The smallest absolute Gasteiger partial charge is 0.226 e. The molecule has 1 aromatic heterocycles. The summed E-state index contributed by atoms with van der Waals surface area (Å²) in [7, 11) is 2.16. The quantitative estimate of drug-likeness (QED) is 0.832. The molecule has 0 amide bonds. The summed E-state index contributed by atoms with van der Waals surface area (Å²) < 4.78 is 11.0. The van der Waals surface area contributed by atoms with Crippen LogP contribution in [-0.4, -0.2) is 40.8 Å². The zero-order chi connectivity index (χ0) is 13.6. The highest BCUT2D eigenvalue weighted by Crippen LogP contribution is 2.54. The molecule has 106 valence electrons. The first-order valence-corrected chi connectivity index (χ1v) is 7.17. The number of hydrogen-bond donors (Lipinski definition) is 0. The normalized spacial score (nSPS) is 32.4. The van der Waals surface area contributed by atoms with Gasteiger partial charge in [-0.2, -0.15) is 4.98 Å². The van der Waals surface area contributed by atoms with Crippen LogP contribution in [0, 0.1) is 11.3 Å². The number of hydrogen-bond acceptors (Lipinski definition) is 5. The van der Waals surface area contributed by atoms with Gasteiger partial charge in [0.25, 0.3) is 0 Å². The second-order valence-electron chi connectivity index (χ2n) is 6.38. The molecule has 3 unspecified atom stereocenters. The first kappa shape index (κ1) is 13.1. The Kier molecular flexibility index (Phi) is 3.14. The van der Waals surface area contributed by atoms with Gasteiger partial charge in [0.2, 0.25) is 5.89 Å². The lowest BCUT2D eigenvalue weighted by atomic mass is 9.57. The van der Waals surface area contributed by atoms with Gasteiger partial charge in [-0.05, 0) is 13.5 Å². The number of nitrogens with zero attached hydrogens (tertiary/aromatic N) is 3. The van der Waals surface area contributed by atoms with Crippen molar-refractivity contribution in [1.82, 2.24) is 15.0 Å². The minimum absolute atomic E-state index is 0.216. The standard InChI is InChI=1S/C14H23N3O2/c1-5-11-15-10(16-19-11)8-17(4)12-9-6-7-18-13(9)14(12,2)3/h9,12-13H,5-8H2,1-4H3. The fraction of sp³-hybridized carbons (Fsp3) is 0.857. The van der Waals surface area contributed by atoms with Crippen molar-refractivity contribution >= 4 is 0 Å². The van der Waals surface area contributed by atoms with Crippen molar-refractivity contribution in [2.24, 2.45) is 11.3 Å². The van der Waals surface area contributed by atoms with Gasteiger partial charge in [-0.3, -0.25) is 4.90 Å². The van der Waals surface area contributed by atoms with E-state index in [2.05, 4.69) is 35.9 Å². The van der Waals surface area contributed by atoms with Crippen LogP contribution < -0.4 is 0 Å². The van der Waals surface area contributed by atoms with E-state index in [1.54, 1.807) is 0 Å². The molecule has 0 aromatic carbocycles. The molecule has 0 spiro atoms. The van der Waals surface area contributed by atoms with E-state index in [1.807, 2.05) is 6.92 Å². The molecule has 0 N–H and O–H groups in total. The van der Waals surface area contributed by atoms with E-state index < -0.39 is 0 Å². The second-order valence-corrected chi connectivity index (χ2v) is 6.38. The minimum Gasteiger partial charge on any atom is -0.377 e. The van der Waals surface area contributed by atoms with Gasteiger partial charge in [0.05, 0.1) is 12.6 Å². The molecule has 0 radical (unpaired) electrons. The summed E-state index contributed by atoms with van der Waals surface area (Å²) in [6, 6.07) is 0.545. The van der Waals surface area contributed by atoms with Crippen LogP contribution in [0.2, 0.25) is 0 Å². The van der Waals surface area contributed by atoms with Crippen LogP contribution in [0.25, 0.3) is 0 Å². The molecule has 1 saturated heterocycles. The zero-order valence-electron chi connectivity index (χ0n) is 12.2. The van der Waals surface area contributed by atoms with E-state index >= 15 is 0 Å². The summed E-state index contributed by atoms with van der Waals surface area (Å²) in [6.07, 6.45) is 2.40. The van der Waals surface area contributed by atoms with Crippen LogP contribution in [0.15, 0.2) is 4.52 Å². The highest BCUT2D eigenvalue weighted by atomic mass is 16.5. The molecular formula is C14H23N3O2. The predicted octanol–water partition coefficient (Wildman–Crippen LogP) is 1.88. The molecule has 19 heavy (non-hydrogen) atoms. The molecule has 2 fully saturated rings. The zero-order valence-corrected chi connectivity index (χ0v) is 12.2. The first-order valence-electron chi connectivity index (χ1n) is 7.17. The molecular weight excluding hydrogens is 242 g/mol. The van der Waals surface area contributed by atoms with E-state index in [9.17, 15) is 0 Å².